The molecule has 1 aliphatic rings. The largest absolute Gasteiger partial charge is 0.390 e. The van der Waals surface area contributed by atoms with Gasteiger partial charge in [-0.25, -0.2) is 4.98 Å². The lowest BCUT2D eigenvalue weighted by Gasteiger charge is -2.37. The molecule has 2 N–H and O–H groups in total. The number of piperazine rings is 1. The number of benzene rings is 2. The summed E-state index contributed by atoms with van der Waals surface area (Å²) < 4.78 is 1.96. The zero-order valence-corrected chi connectivity index (χ0v) is 20.7. The fourth-order valence-electron chi connectivity index (χ4n) is 4.58. The fourth-order valence-corrected chi connectivity index (χ4v) is 4.75. The van der Waals surface area contributed by atoms with Gasteiger partial charge >= 0.3 is 0 Å². The van der Waals surface area contributed by atoms with Crippen molar-refractivity contribution >= 4 is 23.2 Å². The van der Waals surface area contributed by atoms with E-state index in [4.69, 9.17) is 11.6 Å². The number of hydrogen-bond donors (Lipinski definition) is 2. The van der Waals surface area contributed by atoms with E-state index in [2.05, 4.69) is 26.2 Å². The van der Waals surface area contributed by atoms with Crippen LogP contribution in [0.1, 0.15) is 27.6 Å². The molecule has 0 bridgehead atoms. The van der Waals surface area contributed by atoms with E-state index < -0.39 is 6.10 Å². The standard InChI is InChI=1S/C26H32ClN5O2/c1-18-23(27)10-7-11-24(18)31-14-12-30(13-15-31)17-22(33)16-28-26(34)25-19(2)32(20(3)29-25)21-8-5-4-6-9-21/h4-11,22,33H,12-17H2,1-3H3,(H,28,34). The first-order valence-corrected chi connectivity index (χ1v) is 12.0. The molecule has 1 aromatic heterocycles. The molecule has 4 rings (SSSR count). The Morgan fingerprint density at radius 1 is 1.06 bits per heavy atom. The van der Waals surface area contributed by atoms with Crippen molar-refractivity contribution in [3.63, 3.8) is 0 Å². The number of para-hydroxylation sites is 1. The van der Waals surface area contributed by atoms with Crippen LogP contribution >= 0.6 is 11.6 Å². The van der Waals surface area contributed by atoms with E-state index in [1.807, 2.05) is 67.8 Å². The molecule has 1 unspecified atom stereocenters. The number of aliphatic hydroxyl groups is 1. The summed E-state index contributed by atoms with van der Waals surface area (Å²) in [4.78, 5) is 21.8. The minimum absolute atomic E-state index is 0.184. The number of carbonyl (C=O) groups is 1. The molecule has 1 saturated heterocycles. The Bertz CT molecular complexity index is 1140. The number of hydrogen-bond acceptors (Lipinski definition) is 5. The summed E-state index contributed by atoms with van der Waals surface area (Å²) in [5, 5.41) is 14.2. The van der Waals surface area contributed by atoms with Gasteiger partial charge in [-0.2, -0.15) is 0 Å². The highest BCUT2D eigenvalue weighted by Gasteiger charge is 2.23. The van der Waals surface area contributed by atoms with Crippen LogP contribution in [0, 0.1) is 20.8 Å². The van der Waals surface area contributed by atoms with E-state index in [9.17, 15) is 9.90 Å². The minimum atomic E-state index is -0.652. The number of nitrogens with one attached hydrogen (secondary N) is 1. The van der Waals surface area contributed by atoms with Gasteiger partial charge in [0.05, 0.1) is 11.8 Å². The van der Waals surface area contributed by atoms with E-state index in [1.165, 1.54) is 5.69 Å². The second-order valence-electron chi connectivity index (χ2n) is 8.80. The number of β-amino-alcohol motifs (C(OH)–C–C–N with tert-alkyl or cyclic N) is 1. The van der Waals surface area contributed by atoms with Crippen molar-refractivity contribution in [3.05, 3.63) is 76.3 Å². The van der Waals surface area contributed by atoms with E-state index in [0.29, 0.717) is 12.2 Å². The molecule has 1 amide bonds. The first-order chi connectivity index (χ1) is 16.3. The molecule has 0 aliphatic carbocycles. The van der Waals surface area contributed by atoms with Gasteiger partial charge in [0.25, 0.3) is 5.91 Å². The molecule has 0 radical (unpaired) electrons. The van der Waals surface area contributed by atoms with Crippen LogP contribution in [-0.2, 0) is 0 Å². The number of nitrogens with zero attached hydrogens (tertiary/aromatic N) is 4. The second-order valence-corrected chi connectivity index (χ2v) is 9.21. The molecular formula is C26H32ClN5O2. The number of aryl methyl sites for hydroxylation is 1. The summed E-state index contributed by atoms with van der Waals surface area (Å²) in [6.45, 7) is 9.94. The highest BCUT2D eigenvalue weighted by atomic mass is 35.5. The average Bonchev–Trinajstić information content (AvgIpc) is 3.14. The van der Waals surface area contributed by atoms with Crippen molar-refractivity contribution in [2.75, 3.05) is 44.2 Å². The smallest absolute Gasteiger partial charge is 0.271 e. The maximum Gasteiger partial charge on any atom is 0.271 e. The number of carbonyl (C=O) groups excluding carboxylic acids is 1. The lowest BCUT2D eigenvalue weighted by atomic mass is 10.1. The lowest BCUT2D eigenvalue weighted by molar-refractivity contribution is 0.0847. The number of aliphatic hydroxyl groups excluding tert-OH is 1. The number of anilines is 1. The third-order valence-corrected chi connectivity index (χ3v) is 6.83. The van der Waals surface area contributed by atoms with Gasteiger partial charge in [0, 0.05) is 55.7 Å². The fraction of sp³-hybridized carbons (Fsp3) is 0.385. The Morgan fingerprint density at radius 3 is 2.47 bits per heavy atom. The van der Waals surface area contributed by atoms with E-state index in [-0.39, 0.29) is 12.5 Å². The molecule has 7 nitrogen and oxygen atoms in total. The van der Waals surface area contributed by atoms with Crippen LogP contribution in [0.25, 0.3) is 5.69 Å². The predicted molar refractivity (Wildman–Crippen MR) is 136 cm³/mol. The van der Waals surface area contributed by atoms with Gasteiger partial charge in [-0.3, -0.25) is 9.69 Å². The molecule has 1 atom stereocenters. The van der Waals surface area contributed by atoms with E-state index in [1.54, 1.807) is 0 Å². The zero-order chi connectivity index (χ0) is 24.2. The molecule has 8 heteroatoms. The number of amides is 1. The van der Waals surface area contributed by atoms with Crippen LogP contribution in [0.2, 0.25) is 5.02 Å². The summed E-state index contributed by atoms with van der Waals surface area (Å²) in [6, 6.07) is 15.8. The van der Waals surface area contributed by atoms with Crippen molar-refractivity contribution < 1.29 is 9.90 Å². The average molecular weight is 482 g/mol. The summed E-state index contributed by atoms with van der Waals surface area (Å²) in [5.74, 6) is 0.484. The molecule has 3 aromatic rings. The zero-order valence-electron chi connectivity index (χ0n) is 20.0. The normalized spacial score (nSPS) is 15.4. The highest BCUT2D eigenvalue weighted by molar-refractivity contribution is 6.31. The van der Waals surface area contributed by atoms with E-state index >= 15 is 0 Å². The molecule has 1 fully saturated rings. The van der Waals surface area contributed by atoms with Crippen molar-refractivity contribution in [1.29, 1.82) is 0 Å². The first kappa shape index (κ1) is 24.3. The molecule has 2 heterocycles. The summed E-state index contributed by atoms with van der Waals surface area (Å²) in [5.41, 5.74) is 4.40. The predicted octanol–water partition coefficient (Wildman–Crippen LogP) is 3.36. The van der Waals surface area contributed by atoms with Crippen LogP contribution in [0.3, 0.4) is 0 Å². The van der Waals surface area contributed by atoms with Gasteiger partial charge in [0.15, 0.2) is 0 Å². The van der Waals surface area contributed by atoms with Crippen LogP contribution in [0.5, 0.6) is 0 Å². The highest BCUT2D eigenvalue weighted by Crippen LogP contribution is 2.27. The molecule has 2 aromatic carbocycles. The van der Waals surface area contributed by atoms with Crippen molar-refractivity contribution in [2.24, 2.45) is 0 Å². The van der Waals surface area contributed by atoms with Crippen molar-refractivity contribution in [1.82, 2.24) is 19.8 Å². The van der Waals surface area contributed by atoms with Gasteiger partial charge in [0.1, 0.15) is 11.5 Å². The summed E-state index contributed by atoms with van der Waals surface area (Å²) in [7, 11) is 0. The summed E-state index contributed by atoms with van der Waals surface area (Å²) >= 11 is 6.28. The van der Waals surface area contributed by atoms with Crippen LogP contribution in [-0.4, -0.2) is 70.8 Å². The van der Waals surface area contributed by atoms with Gasteiger partial charge in [0.2, 0.25) is 0 Å². The third kappa shape index (κ3) is 5.27. The van der Waals surface area contributed by atoms with Gasteiger partial charge < -0.3 is 19.9 Å². The van der Waals surface area contributed by atoms with Gasteiger partial charge in [-0.1, -0.05) is 35.9 Å². The Labute approximate surface area is 206 Å². The quantitative estimate of drug-likeness (QED) is 0.541. The molecule has 1 aliphatic heterocycles. The molecule has 0 saturated carbocycles. The number of aromatic nitrogens is 2. The number of imidazole rings is 1. The van der Waals surface area contributed by atoms with Crippen LogP contribution in [0.15, 0.2) is 48.5 Å². The third-order valence-electron chi connectivity index (χ3n) is 6.42. The molecule has 180 valence electrons. The van der Waals surface area contributed by atoms with Gasteiger partial charge in [-0.05, 0) is 50.6 Å². The van der Waals surface area contributed by atoms with Crippen LogP contribution < -0.4 is 10.2 Å². The SMILES string of the molecule is Cc1c(Cl)cccc1N1CCN(CC(O)CNC(=O)c2nc(C)n(-c3ccccc3)c2C)CC1. The Hall–Kier alpha value is -2.87. The maximum absolute atomic E-state index is 12.8. The number of rotatable bonds is 7. The first-order valence-electron chi connectivity index (χ1n) is 11.6. The summed E-state index contributed by atoms with van der Waals surface area (Å²) in [6.07, 6.45) is -0.652. The second kappa shape index (κ2) is 10.6. The molecular weight excluding hydrogens is 450 g/mol. The Kier molecular flexibility index (Phi) is 7.56. The maximum atomic E-state index is 12.8. The topological polar surface area (TPSA) is 73.6 Å². The number of halogens is 1. The minimum Gasteiger partial charge on any atom is -0.390 e. The van der Waals surface area contributed by atoms with Gasteiger partial charge in [-0.15, -0.1) is 0 Å². The van der Waals surface area contributed by atoms with Crippen molar-refractivity contribution in [2.45, 2.75) is 26.9 Å². The Morgan fingerprint density at radius 2 is 1.76 bits per heavy atom. The van der Waals surface area contributed by atoms with Crippen molar-refractivity contribution in [3.8, 4) is 5.69 Å². The lowest BCUT2D eigenvalue weighted by Crippen LogP contribution is -2.50. The molecule has 0 spiro atoms. The van der Waals surface area contributed by atoms with E-state index in [0.717, 1.165) is 54.0 Å². The monoisotopic (exact) mass is 481 g/mol. The van der Waals surface area contributed by atoms with Crippen LogP contribution in [0.4, 0.5) is 5.69 Å². The molecule has 34 heavy (non-hydrogen) atoms. The Balaban J connectivity index is 1.28.